The Bertz CT molecular complexity index is 676. The van der Waals surface area contributed by atoms with E-state index in [1.54, 1.807) is 10.6 Å². The van der Waals surface area contributed by atoms with Gasteiger partial charge in [-0.25, -0.2) is 25.7 Å². The first kappa shape index (κ1) is 13.1. The fourth-order valence-corrected chi connectivity index (χ4v) is 2.76. The van der Waals surface area contributed by atoms with Gasteiger partial charge < -0.3 is 5.43 Å². The largest absolute Gasteiger partial charge is 0.343 e. The molecule has 0 atom stereocenters. The van der Waals surface area contributed by atoms with Gasteiger partial charge in [-0.3, -0.25) is 4.57 Å². The van der Waals surface area contributed by atoms with E-state index >= 15 is 0 Å². The Morgan fingerprint density at radius 1 is 1.55 bits per heavy atom. The zero-order valence-corrected chi connectivity index (χ0v) is 11.8. The summed E-state index contributed by atoms with van der Waals surface area (Å²) in [7, 11) is 0. The van der Waals surface area contributed by atoms with Crippen LogP contribution in [0.2, 0.25) is 0 Å². The topological polar surface area (TPSA) is 115 Å². The third-order valence-electron chi connectivity index (χ3n) is 3.05. The molecule has 3 rings (SSSR count). The highest BCUT2D eigenvalue weighted by atomic mass is 32.2. The molecule has 2 heterocycles. The number of nitrogens with zero attached hydrogens (tertiary/aromatic N) is 4. The number of aromatic nitrogens is 5. The number of H-pyrrole nitrogens is 1. The summed E-state index contributed by atoms with van der Waals surface area (Å²) >= 11 is 1.32. The van der Waals surface area contributed by atoms with E-state index in [4.69, 9.17) is 5.84 Å². The molecule has 0 amide bonds. The smallest absolute Gasteiger partial charge is 0.308 e. The van der Waals surface area contributed by atoms with Crippen LogP contribution in [0.5, 0.6) is 0 Å². The van der Waals surface area contributed by atoms with Crippen molar-refractivity contribution in [2.45, 2.75) is 42.4 Å². The van der Waals surface area contributed by atoms with E-state index in [9.17, 15) is 4.79 Å². The first-order valence-electron chi connectivity index (χ1n) is 6.40. The molecule has 0 unspecified atom stereocenters. The van der Waals surface area contributed by atoms with Crippen molar-refractivity contribution in [2.75, 3.05) is 5.43 Å². The van der Waals surface area contributed by atoms with Crippen LogP contribution in [0.3, 0.4) is 0 Å². The first-order chi connectivity index (χ1) is 9.71. The molecule has 2 aromatic rings. The third kappa shape index (κ3) is 2.54. The molecular weight excluding hydrogens is 278 g/mol. The average molecular weight is 293 g/mol. The maximum atomic E-state index is 11.5. The van der Waals surface area contributed by atoms with Crippen molar-refractivity contribution in [2.24, 2.45) is 5.84 Å². The van der Waals surface area contributed by atoms with Gasteiger partial charge >= 0.3 is 5.69 Å². The lowest BCUT2D eigenvalue weighted by Crippen LogP contribution is -2.16. The lowest BCUT2D eigenvalue weighted by atomic mass is 10.4. The fourth-order valence-electron chi connectivity index (χ4n) is 1.85. The minimum absolute atomic E-state index is 0.219. The SMILES string of the molecule is CCn1c(Sc2cc(NN)nc(C3CC3)n2)n[nH]c1=O. The van der Waals surface area contributed by atoms with Crippen LogP contribution in [0.25, 0.3) is 0 Å². The quantitative estimate of drug-likeness (QED) is 0.422. The molecule has 8 nitrogen and oxygen atoms in total. The highest BCUT2D eigenvalue weighted by molar-refractivity contribution is 7.99. The predicted molar refractivity (Wildman–Crippen MR) is 74.5 cm³/mol. The summed E-state index contributed by atoms with van der Waals surface area (Å²) in [6.07, 6.45) is 2.22. The lowest BCUT2D eigenvalue weighted by molar-refractivity contribution is 0.660. The molecule has 0 bridgehead atoms. The maximum Gasteiger partial charge on any atom is 0.343 e. The molecule has 0 aromatic carbocycles. The van der Waals surface area contributed by atoms with Gasteiger partial charge in [0, 0.05) is 18.5 Å². The van der Waals surface area contributed by atoms with E-state index in [-0.39, 0.29) is 5.69 Å². The van der Waals surface area contributed by atoms with Gasteiger partial charge in [-0.2, -0.15) is 0 Å². The Morgan fingerprint density at radius 3 is 3.00 bits per heavy atom. The van der Waals surface area contributed by atoms with E-state index in [0.29, 0.717) is 23.4 Å². The van der Waals surface area contributed by atoms with Crippen molar-refractivity contribution in [1.29, 1.82) is 0 Å². The van der Waals surface area contributed by atoms with E-state index < -0.39 is 0 Å². The molecule has 0 spiro atoms. The van der Waals surface area contributed by atoms with Gasteiger partial charge in [-0.05, 0) is 31.5 Å². The zero-order valence-electron chi connectivity index (χ0n) is 11.0. The molecule has 106 valence electrons. The molecule has 0 radical (unpaired) electrons. The standard InChI is InChI=1S/C11H15N7OS/c1-2-18-10(19)16-17-11(18)20-8-5-7(15-12)13-9(14-8)6-3-4-6/h5-6H,2-4,12H2,1H3,(H,16,19)(H,13,14,15). The summed E-state index contributed by atoms with van der Waals surface area (Å²) in [5.41, 5.74) is 2.33. The van der Waals surface area contributed by atoms with Crippen molar-refractivity contribution in [3.8, 4) is 0 Å². The number of nitrogens with two attached hydrogens (primary N) is 1. The molecule has 9 heteroatoms. The van der Waals surface area contributed by atoms with Crippen LogP contribution in [-0.4, -0.2) is 24.7 Å². The van der Waals surface area contributed by atoms with Crippen molar-refractivity contribution >= 4 is 17.6 Å². The molecular formula is C11H15N7OS. The van der Waals surface area contributed by atoms with Crippen molar-refractivity contribution < 1.29 is 0 Å². The van der Waals surface area contributed by atoms with Crippen LogP contribution in [0.1, 0.15) is 31.5 Å². The number of nitrogen functional groups attached to an aromatic ring is 1. The van der Waals surface area contributed by atoms with Gasteiger partial charge in [0.15, 0.2) is 5.16 Å². The first-order valence-corrected chi connectivity index (χ1v) is 7.21. The molecule has 1 aliphatic carbocycles. The Balaban J connectivity index is 1.93. The molecule has 0 aliphatic heterocycles. The van der Waals surface area contributed by atoms with Gasteiger partial charge in [-0.15, -0.1) is 5.10 Å². The molecule has 2 aromatic heterocycles. The van der Waals surface area contributed by atoms with E-state index in [1.807, 2.05) is 6.92 Å². The average Bonchev–Trinajstić information content (AvgIpc) is 3.24. The normalized spacial score (nSPS) is 14.5. The monoisotopic (exact) mass is 293 g/mol. The predicted octanol–water partition coefficient (Wildman–Crippen LogP) is 0.696. The summed E-state index contributed by atoms with van der Waals surface area (Å²) in [6.45, 7) is 2.45. The van der Waals surface area contributed by atoms with Crippen molar-refractivity contribution in [1.82, 2.24) is 24.7 Å². The number of nitrogens with one attached hydrogen (secondary N) is 2. The van der Waals surface area contributed by atoms with Crippen LogP contribution < -0.4 is 17.0 Å². The maximum absolute atomic E-state index is 11.5. The van der Waals surface area contributed by atoms with Gasteiger partial charge in [0.1, 0.15) is 16.7 Å². The minimum Gasteiger partial charge on any atom is -0.308 e. The minimum atomic E-state index is -0.219. The Hall–Kier alpha value is -1.87. The van der Waals surface area contributed by atoms with E-state index in [2.05, 4.69) is 25.6 Å². The molecule has 1 aliphatic rings. The number of hydrogen-bond donors (Lipinski definition) is 3. The summed E-state index contributed by atoms with van der Waals surface area (Å²) in [5, 5.41) is 7.75. The molecule has 1 fully saturated rings. The second-order valence-electron chi connectivity index (χ2n) is 4.53. The summed E-state index contributed by atoms with van der Waals surface area (Å²) < 4.78 is 1.55. The van der Waals surface area contributed by atoms with Gasteiger partial charge in [0.25, 0.3) is 0 Å². The highest BCUT2D eigenvalue weighted by Crippen LogP contribution is 2.39. The van der Waals surface area contributed by atoms with Crippen LogP contribution in [0.4, 0.5) is 5.82 Å². The van der Waals surface area contributed by atoms with Gasteiger partial charge in [0.2, 0.25) is 0 Å². The summed E-state index contributed by atoms with van der Waals surface area (Å²) in [4.78, 5) is 20.4. The van der Waals surface area contributed by atoms with Crippen LogP contribution in [0.15, 0.2) is 21.0 Å². The highest BCUT2D eigenvalue weighted by Gasteiger charge is 2.27. The van der Waals surface area contributed by atoms with Crippen LogP contribution in [0, 0.1) is 0 Å². The Kier molecular flexibility index (Phi) is 3.45. The number of aromatic amines is 1. The number of anilines is 1. The molecule has 4 N–H and O–H groups in total. The lowest BCUT2D eigenvalue weighted by Gasteiger charge is -2.06. The number of rotatable bonds is 5. The number of hydrogen-bond acceptors (Lipinski definition) is 7. The Morgan fingerprint density at radius 2 is 2.35 bits per heavy atom. The molecule has 20 heavy (non-hydrogen) atoms. The summed E-state index contributed by atoms with van der Waals surface area (Å²) in [6, 6.07) is 1.75. The molecule has 0 saturated heterocycles. The second-order valence-corrected chi connectivity index (χ2v) is 5.51. The van der Waals surface area contributed by atoms with Crippen molar-refractivity contribution in [3.63, 3.8) is 0 Å². The molecule has 1 saturated carbocycles. The van der Waals surface area contributed by atoms with E-state index in [0.717, 1.165) is 23.7 Å². The fraction of sp³-hybridized carbons (Fsp3) is 0.455. The van der Waals surface area contributed by atoms with Crippen molar-refractivity contribution in [3.05, 3.63) is 22.4 Å². The Labute approximate surface area is 119 Å². The number of hydrazine groups is 1. The van der Waals surface area contributed by atoms with Gasteiger partial charge in [0.05, 0.1) is 0 Å². The van der Waals surface area contributed by atoms with Crippen LogP contribution in [-0.2, 0) is 6.54 Å². The summed E-state index contributed by atoms with van der Waals surface area (Å²) in [5.74, 6) is 7.23. The second kappa shape index (κ2) is 5.25. The van der Waals surface area contributed by atoms with Crippen LogP contribution >= 0.6 is 11.8 Å². The van der Waals surface area contributed by atoms with E-state index in [1.165, 1.54) is 11.8 Å². The third-order valence-corrected chi connectivity index (χ3v) is 3.96. The van der Waals surface area contributed by atoms with Gasteiger partial charge in [-0.1, -0.05) is 0 Å². The zero-order chi connectivity index (χ0) is 14.1.